The van der Waals surface area contributed by atoms with Crippen molar-refractivity contribution in [2.45, 2.75) is 19.8 Å². The number of anilines is 2. The van der Waals surface area contributed by atoms with Crippen molar-refractivity contribution in [3.63, 3.8) is 0 Å². The number of hydrogen-bond acceptors (Lipinski definition) is 7. The Hall–Kier alpha value is -3.48. The summed E-state index contributed by atoms with van der Waals surface area (Å²) in [7, 11) is 3.29. The molecule has 1 heterocycles. The maximum Gasteiger partial charge on any atom is 0.222 e. The molecule has 1 aromatic heterocycles. The van der Waals surface area contributed by atoms with Crippen LogP contribution in [0.1, 0.15) is 25.3 Å². The summed E-state index contributed by atoms with van der Waals surface area (Å²) in [6, 6.07) is 11.7. The first-order valence-electron chi connectivity index (χ1n) is 8.85. The first-order valence-corrected chi connectivity index (χ1v) is 8.85. The fourth-order valence-electron chi connectivity index (χ4n) is 2.88. The van der Waals surface area contributed by atoms with Gasteiger partial charge in [-0.05, 0) is 35.7 Å². The van der Waals surface area contributed by atoms with Gasteiger partial charge in [0.15, 0.2) is 11.6 Å². The molecular formula is C21H24N4O3. The molecule has 0 bridgehead atoms. The standard InChI is InChI=1S/C21H24N4O3/c1-12(2)15-9-17(27-4)16(13-5-7-14(26-3)8-6-13)10-18(15)28-19-11-24-21(23)25-20(19)22/h5-12H,1-4H3,(H4,22,23,24,25). The van der Waals surface area contributed by atoms with Crippen LogP contribution in [0.15, 0.2) is 42.6 Å². The monoisotopic (exact) mass is 380 g/mol. The van der Waals surface area contributed by atoms with Crippen LogP contribution in [0, 0.1) is 0 Å². The number of aromatic nitrogens is 2. The van der Waals surface area contributed by atoms with Crippen LogP contribution < -0.4 is 25.7 Å². The molecule has 0 fully saturated rings. The molecule has 0 aliphatic heterocycles. The Balaban J connectivity index is 2.11. The Morgan fingerprint density at radius 1 is 0.893 bits per heavy atom. The molecule has 28 heavy (non-hydrogen) atoms. The predicted octanol–water partition coefficient (Wildman–Crippen LogP) is 4.24. The molecule has 0 aliphatic rings. The first kappa shape index (κ1) is 19.3. The van der Waals surface area contributed by atoms with Gasteiger partial charge >= 0.3 is 0 Å². The molecule has 3 rings (SSSR count). The Kier molecular flexibility index (Phi) is 5.54. The van der Waals surface area contributed by atoms with E-state index in [2.05, 4.69) is 23.8 Å². The SMILES string of the molecule is COc1ccc(-c2cc(Oc3cnc(N)nc3N)c(C(C)C)cc2OC)cc1. The Bertz CT molecular complexity index is 972. The lowest BCUT2D eigenvalue weighted by atomic mass is 9.96. The molecule has 4 N–H and O–H groups in total. The minimum absolute atomic E-state index is 0.0996. The lowest BCUT2D eigenvalue weighted by Gasteiger charge is -2.19. The summed E-state index contributed by atoms with van der Waals surface area (Å²) in [5.41, 5.74) is 14.4. The smallest absolute Gasteiger partial charge is 0.222 e. The van der Waals surface area contributed by atoms with Crippen molar-refractivity contribution in [3.05, 3.63) is 48.2 Å². The molecule has 0 saturated heterocycles. The van der Waals surface area contributed by atoms with Crippen LogP contribution in [-0.2, 0) is 0 Å². The zero-order valence-electron chi connectivity index (χ0n) is 16.4. The fraction of sp³-hybridized carbons (Fsp3) is 0.238. The van der Waals surface area contributed by atoms with Crippen molar-refractivity contribution in [1.29, 1.82) is 0 Å². The van der Waals surface area contributed by atoms with Crippen LogP contribution in [-0.4, -0.2) is 24.2 Å². The maximum absolute atomic E-state index is 6.08. The molecule has 3 aromatic rings. The van der Waals surface area contributed by atoms with Gasteiger partial charge in [0, 0.05) is 11.1 Å². The maximum atomic E-state index is 6.08. The minimum Gasteiger partial charge on any atom is -0.497 e. The van der Waals surface area contributed by atoms with Gasteiger partial charge in [0.1, 0.15) is 17.2 Å². The van der Waals surface area contributed by atoms with Crippen molar-refractivity contribution >= 4 is 11.8 Å². The number of benzene rings is 2. The highest BCUT2D eigenvalue weighted by Crippen LogP contribution is 2.41. The Morgan fingerprint density at radius 3 is 2.18 bits per heavy atom. The molecule has 2 aromatic carbocycles. The van der Waals surface area contributed by atoms with Crippen LogP contribution in [0.25, 0.3) is 11.1 Å². The van der Waals surface area contributed by atoms with Crippen LogP contribution in [0.5, 0.6) is 23.0 Å². The van der Waals surface area contributed by atoms with Gasteiger partial charge in [0.2, 0.25) is 5.95 Å². The largest absolute Gasteiger partial charge is 0.497 e. The van der Waals surface area contributed by atoms with Crippen molar-refractivity contribution in [2.75, 3.05) is 25.7 Å². The van der Waals surface area contributed by atoms with Gasteiger partial charge in [-0.3, -0.25) is 0 Å². The van der Waals surface area contributed by atoms with Crippen molar-refractivity contribution in [2.24, 2.45) is 0 Å². The van der Waals surface area contributed by atoms with E-state index in [0.29, 0.717) is 11.5 Å². The van der Waals surface area contributed by atoms with Gasteiger partial charge in [-0.25, -0.2) is 4.98 Å². The average molecular weight is 380 g/mol. The molecular weight excluding hydrogens is 356 g/mol. The summed E-state index contributed by atoms with van der Waals surface area (Å²) in [4.78, 5) is 7.93. The van der Waals surface area contributed by atoms with Crippen LogP contribution in [0.4, 0.5) is 11.8 Å². The minimum atomic E-state index is 0.0996. The molecule has 7 nitrogen and oxygen atoms in total. The number of ether oxygens (including phenoxy) is 3. The van der Waals surface area contributed by atoms with E-state index in [4.69, 9.17) is 25.7 Å². The first-order chi connectivity index (χ1) is 13.4. The third kappa shape index (κ3) is 3.93. The second kappa shape index (κ2) is 8.04. The summed E-state index contributed by atoms with van der Waals surface area (Å²) in [5.74, 6) is 3.02. The molecule has 0 amide bonds. The van der Waals surface area contributed by atoms with Crippen LogP contribution >= 0.6 is 0 Å². The third-order valence-corrected chi connectivity index (χ3v) is 4.38. The summed E-state index contributed by atoms with van der Waals surface area (Å²) < 4.78 is 17.0. The van der Waals surface area contributed by atoms with E-state index in [1.165, 1.54) is 6.20 Å². The van der Waals surface area contributed by atoms with Gasteiger partial charge in [-0.15, -0.1) is 0 Å². The molecule has 146 valence electrons. The number of rotatable bonds is 6. The summed E-state index contributed by atoms with van der Waals surface area (Å²) >= 11 is 0. The summed E-state index contributed by atoms with van der Waals surface area (Å²) in [5, 5.41) is 0. The fourth-order valence-corrected chi connectivity index (χ4v) is 2.88. The van der Waals surface area contributed by atoms with Gasteiger partial charge in [0.05, 0.1) is 20.4 Å². The highest BCUT2D eigenvalue weighted by atomic mass is 16.5. The van der Waals surface area contributed by atoms with E-state index in [9.17, 15) is 0 Å². The van der Waals surface area contributed by atoms with Crippen molar-refractivity contribution in [3.8, 4) is 34.1 Å². The molecule has 0 unspecified atom stereocenters. The quantitative estimate of drug-likeness (QED) is 0.659. The molecule has 0 atom stereocenters. The average Bonchev–Trinajstić information content (AvgIpc) is 2.69. The normalized spacial score (nSPS) is 10.8. The lowest BCUT2D eigenvalue weighted by molar-refractivity contribution is 0.412. The molecule has 0 aliphatic carbocycles. The van der Waals surface area contributed by atoms with E-state index in [0.717, 1.165) is 28.2 Å². The highest BCUT2D eigenvalue weighted by molar-refractivity contribution is 5.74. The van der Waals surface area contributed by atoms with Crippen LogP contribution in [0.3, 0.4) is 0 Å². The van der Waals surface area contributed by atoms with E-state index in [-0.39, 0.29) is 17.7 Å². The number of nitrogen functional groups attached to an aromatic ring is 2. The van der Waals surface area contributed by atoms with E-state index < -0.39 is 0 Å². The Labute approximate surface area is 164 Å². The highest BCUT2D eigenvalue weighted by Gasteiger charge is 2.17. The van der Waals surface area contributed by atoms with Crippen molar-refractivity contribution in [1.82, 2.24) is 9.97 Å². The van der Waals surface area contributed by atoms with Gasteiger partial charge in [-0.2, -0.15) is 4.98 Å². The van der Waals surface area contributed by atoms with Gasteiger partial charge < -0.3 is 25.7 Å². The second-order valence-electron chi connectivity index (χ2n) is 6.55. The summed E-state index contributed by atoms with van der Waals surface area (Å²) in [6.07, 6.45) is 1.47. The molecule has 0 spiro atoms. The zero-order valence-corrected chi connectivity index (χ0v) is 16.4. The predicted molar refractivity (Wildman–Crippen MR) is 110 cm³/mol. The van der Waals surface area contributed by atoms with E-state index in [1.807, 2.05) is 36.4 Å². The molecule has 0 radical (unpaired) electrons. The third-order valence-electron chi connectivity index (χ3n) is 4.38. The van der Waals surface area contributed by atoms with E-state index in [1.54, 1.807) is 14.2 Å². The van der Waals surface area contributed by atoms with Gasteiger partial charge in [-0.1, -0.05) is 26.0 Å². The number of nitrogens with two attached hydrogens (primary N) is 2. The van der Waals surface area contributed by atoms with E-state index >= 15 is 0 Å². The number of nitrogens with zero attached hydrogens (tertiary/aromatic N) is 2. The molecule has 0 saturated carbocycles. The zero-order chi connectivity index (χ0) is 20.3. The van der Waals surface area contributed by atoms with Gasteiger partial charge in [0.25, 0.3) is 0 Å². The lowest BCUT2D eigenvalue weighted by Crippen LogP contribution is -2.03. The second-order valence-corrected chi connectivity index (χ2v) is 6.55. The number of methoxy groups -OCH3 is 2. The van der Waals surface area contributed by atoms with Crippen molar-refractivity contribution < 1.29 is 14.2 Å². The summed E-state index contributed by atoms with van der Waals surface area (Å²) in [6.45, 7) is 4.16. The molecule has 7 heteroatoms. The number of hydrogen-bond donors (Lipinski definition) is 2. The Morgan fingerprint density at radius 2 is 1.61 bits per heavy atom. The van der Waals surface area contributed by atoms with Crippen LogP contribution in [0.2, 0.25) is 0 Å². The topological polar surface area (TPSA) is 106 Å².